The van der Waals surface area contributed by atoms with Crippen LogP contribution in [0.5, 0.6) is 0 Å². The van der Waals surface area contributed by atoms with E-state index in [0.717, 1.165) is 35.1 Å². The summed E-state index contributed by atoms with van der Waals surface area (Å²) in [6, 6.07) is 26.3. The normalized spacial score (nSPS) is 24.0. The number of aliphatic hydroxyl groups is 1. The van der Waals surface area contributed by atoms with Crippen LogP contribution >= 0.6 is 0 Å². The van der Waals surface area contributed by atoms with Gasteiger partial charge in [-0.3, -0.25) is 14.4 Å². The molecule has 8 heteroatoms. The lowest BCUT2D eigenvalue weighted by Gasteiger charge is -2.37. The smallest absolute Gasteiger partial charge is 0.309 e. The van der Waals surface area contributed by atoms with E-state index in [-0.39, 0.29) is 49.4 Å². The van der Waals surface area contributed by atoms with Crippen molar-refractivity contribution in [1.29, 1.82) is 0 Å². The Labute approximate surface area is 277 Å². The van der Waals surface area contributed by atoms with Crippen LogP contribution < -0.4 is 5.32 Å². The molecule has 0 bridgehead atoms. The molecular weight excluding hydrogens is 592 g/mol. The highest BCUT2D eigenvalue weighted by Crippen LogP contribution is 2.29. The average Bonchev–Trinajstić information content (AvgIpc) is 3.10. The molecule has 3 aromatic rings. The number of benzene rings is 3. The van der Waals surface area contributed by atoms with Gasteiger partial charge in [-0.05, 0) is 60.8 Å². The molecule has 2 heterocycles. The van der Waals surface area contributed by atoms with Gasteiger partial charge >= 0.3 is 5.97 Å². The van der Waals surface area contributed by atoms with Gasteiger partial charge in [0.2, 0.25) is 11.8 Å². The Hall–Kier alpha value is -4.27. The number of hydrogen-bond donors (Lipinski definition) is 2. The van der Waals surface area contributed by atoms with Crippen LogP contribution in [0.3, 0.4) is 0 Å². The molecule has 5 unspecified atom stereocenters. The summed E-state index contributed by atoms with van der Waals surface area (Å²) in [5.41, 5.74) is 4.00. The zero-order chi connectivity index (χ0) is 33.0. The molecule has 248 valence electrons. The van der Waals surface area contributed by atoms with E-state index >= 15 is 0 Å². The molecule has 47 heavy (non-hydrogen) atoms. The number of carbonyl (C=O) groups is 3. The van der Waals surface area contributed by atoms with Gasteiger partial charge in [-0.2, -0.15) is 0 Å². The Morgan fingerprint density at radius 3 is 2.36 bits per heavy atom. The van der Waals surface area contributed by atoms with Crippen LogP contribution in [0.1, 0.15) is 60.5 Å². The monoisotopic (exact) mass is 638 g/mol. The molecule has 0 aromatic heterocycles. The lowest BCUT2D eigenvalue weighted by molar-refractivity contribution is -0.158. The zero-order valence-corrected chi connectivity index (χ0v) is 27.1. The number of fused-ring (bicyclic) bond motifs is 1. The second-order valence-corrected chi connectivity index (χ2v) is 12.6. The number of hydrogen-bond acceptors (Lipinski definition) is 6. The van der Waals surface area contributed by atoms with Crippen molar-refractivity contribution in [2.75, 3.05) is 20.3 Å². The van der Waals surface area contributed by atoms with E-state index < -0.39 is 18.1 Å². The summed E-state index contributed by atoms with van der Waals surface area (Å²) in [7, 11) is 1.55. The average molecular weight is 639 g/mol. The zero-order valence-electron chi connectivity index (χ0n) is 27.1. The van der Waals surface area contributed by atoms with Crippen molar-refractivity contribution in [3.8, 4) is 0 Å². The van der Waals surface area contributed by atoms with Crippen LogP contribution in [-0.4, -0.2) is 60.2 Å². The van der Waals surface area contributed by atoms with Gasteiger partial charge in [0, 0.05) is 20.1 Å². The molecule has 0 radical (unpaired) electrons. The number of aliphatic hydroxyl groups excluding tert-OH is 1. The van der Waals surface area contributed by atoms with Crippen molar-refractivity contribution in [2.24, 2.45) is 11.8 Å². The minimum atomic E-state index is -0.793. The summed E-state index contributed by atoms with van der Waals surface area (Å²) in [4.78, 5) is 43.4. The molecule has 0 aliphatic carbocycles. The second-order valence-electron chi connectivity index (χ2n) is 12.6. The van der Waals surface area contributed by atoms with Crippen molar-refractivity contribution >= 4 is 17.8 Å². The standard InChI is InChI=1S/C39H46N2O6/c1-46-27-35-37(29-16-10-5-11-17-29)47-39(45)32(22-28-14-6-4-7-15-28)20-9-3-2-8-19-31(38(44)40-35)24-36(43)41-25-33-21-13-12-18-30(33)23-34(41)26-42/h2,4-8,10-18,21,31-32,34-35,37,42H,3,9,19-20,22-27H2,1H3,(H,40,44). The molecule has 2 aliphatic heterocycles. The van der Waals surface area contributed by atoms with Crippen LogP contribution in [0.25, 0.3) is 0 Å². The van der Waals surface area contributed by atoms with Crippen LogP contribution in [0.2, 0.25) is 0 Å². The van der Waals surface area contributed by atoms with E-state index in [1.807, 2.05) is 97.1 Å². The summed E-state index contributed by atoms with van der Waals surface area (Å²) in [6.07, 6.45) is 6.90. The first-order valence-corrected chi connectivity index (χ1v) is 16.7. The number of nitrogens with zero attached hydrogens (tertiary/aromatic N) is 1. The number of methoxy groups -OCH3 is 1. The van der Waals surface area contributed by atoms with Gasteiger partial charge in [0.1, 0.15) is 6.10 Å². The third-order valence-corrected chi connectivity index (χ3v) is 9.26. The highest BCUT2D eigenvalue weighted by molar-refractivity contribution is 5.86. The molecule has 0 fully saturated rings. The van der Waals surface area contributed by atoms with E-state index in [2.05, 4.69) is 5.32 Å². The fourth-order valence-corrected chi connectivity index (χ4v) is 6.65. The van der Waals surface area contributed by atoms with Gasteiger partial charge in [-0.15, -0.1) is 0 Å². The number of amides is 2. The molecular formula is C39H46N2O6. The number of nitrogens with one attached hydrogen (secondary N) is 1. The highest BCUT2D eigenvalue weighted by atomic mass is 16.5. The molecule has 0 spiro atoms. The summed E-state index contributed by atoms with van der Waals surface area (Å²) >= 11 is 0. The number of allylic oxidation sites excluding steroid dienone is 2. The highest BCUT2D eigenvalue weighted by Gasteiger charge is 2.35. The van der Waals surface area contributed by atoms with Gasteiger partial charge in [0.15, 0.2) is 0 Å². The van der Waals surface area contributed by atoms with E-state index in [0.29, 0.717) is 32.2 Å². The van der Waals surface area contributed by atoms with Gasteiger partial charge < -0.3 is 24.8 Å². The van der Waals surface area contributed by atoms with Gasteiger partial charge in [-0.1, -0.05) is 97.1 Å². The predicted octanol–water partition coefficient (Wildman–Crippen LogP) is 5.34. The van der Waals surface area contributed by atoms with Gasteiger partial charge in [0.05, 0.1) is 37.1 Å². The first-order valence-electron chi connectivity index (χ1n) is 16.7. The van der Waals surface area contributed by atoms with Crippen LogP contribution in [0.15, 0.2) is 97.1 Å². The van der Waals surface area contributed by atoms with E-state index in [1.165, 1.54) is 0 Å². The number of carbonyl (C=O) groups excluding carboxylic acids is 3. The quantitative estimate of drug-likeness (QED) is 0.255. The molecule has 8 nitrogen and oxygen atoms in total. The lowest BCUT2D eigenvalue weighted by Crippen LogP contribution is -2.49. The Balaban J connectivity index is 1.40. The fourth-order valence-electron chi connectivity index (χ4n) is 6.65. The summed E-state index contributed by atoms with van der Waals surface area (Å²) in [6.45, 7) is 0.350. The molecule has 2 aliphatic rings. The SMILES string of the molecule is COCC1NC(=O)C(CC(=O)N2Cc3ccccc3CC2CO)CC=CCCCC(Cc2ccccc2)C(=O)OC1c1ccccc1. The third-order valence-electron chi connectivity index (χ3n) is 9.26. The maximum Gasteiger partial charge on any atom is 0.309 e. The molecule has 5 atom stereocenters. The molecule has 2 N–H and O–H groups in total. The van der Waals surface area contributed by atoms with Crippen LogP contribution in [0, 0.1) is 11.8 Å². The fraction of sp³-hybridized carbons (Fsp3) is 0.410. The number of ether oxygens (including phenoxy) is 2. The Morgan fingerprint density at radius 2 is 1.64 bits per heavy atom. The van der Waals surface area contributed by atoms with Gasteiger partial charge in [-0.25, -0.2) is 0 Å². The molecule has 5 rings (SSSR count). The topological polar surface area (TPSA) is 105 Å². The summed E-state index contributed by atoms with van der Waals surface area (Å²) in [5, 5.41) is 13.3. The van der Waals surface area contributed by atoms with E-state index in [4.69, 9.17) is 9.47 Å². The second kappa shape index (κ2) is 17.0. The molecule has 3 aromatic carbocycles. The first kappa shape index (κ1) is 34.1. The van der Waals surface area contributed by atoms with Crippen molar-refractivity contribution in [3.05, 3.63) is 119 Å². The predicted molar refractivity (Wildman–Crippen MR) is 180 cm³/mol. The van der Waals surface area contributed by atoms with Crippen molar-refractivity contribution < 1.29 is 29.0 Å². The Bertz CT molecular complexity index is 1490. The Kier molecular flexibility index (Phi) is 12.4. The van der Waals surface area contributed by atoms with Gasteiger partial charge in [0.25, 0.3) is 0 Å². The number of rotatable bonds is 8. The van der Waals surface area contributed by atoms with Crippen LogP contribution in [0.4, 0.5) is 0 Å². The maximum absolute atomic E-state index is 14.0. The molecule has 2 amide bonds. The van der Waals surface area contributed by atoms with Crippen molar-refractivity contribution in [2.45, 2.75) is 69.7 Å². The summed E-state index contributed by atoms with van der Waals surface area (Å²) < 4.78 is 11.9. The van der Waals surface area contributed by atoms with Crippen molar-refractivity contribution in [3.63, 3.8) is 0 Å². The Morgan fingerprint density at radius 1 is 0.936 bits per heavy atom. The summed E-state index contributed by atoms with van der Waals surface area (Å²) in [5.74, 6) is -1.80. The minimum absolute atomic E-state index is 0.0104. The van der Waals surface area contributed by atoms with Crippen molar-refractivity contribution in [1.82, 2.24) is 10.2 Å². The maximum atomic E-state index is 14.0. The molecule has 0 saturated heterocycles. The first-order chi connectivity index (χ1) is 23.0. The lowest BCUT2D eigenvalue weighted by atomic mass is 9.91. The largest absolute Gasteiger partial charge is 0.455 e. The minimum Gasteiger partial charge on any atom is -0.455 e. The van der Waals surface area contributed by atoms with Crippen LogP contribution in [-0.2, 0) is 43.2 Å². The third kappa shape index (κ3) is 9.18. The number of esters is 1. The number of cyclic esters (lactones) is 1. The van der Waals surface area contributed by atoms with E-state index in [9.17, 15) is 19.5 Å². The molecule has 0 saturated carbocycles. The van der Waals surface area contributed by atoms with E-state index in [1.54, 1.807) is 12.0 Å².